The number of benzene rings is 1. The minimum atomic E-state index is -0.777. The molecule has 5 heteroatoms. The molecule has 0 aliphatic rings. The summed E-state index contributed by atoms with van der Waals surface area (Å²) in [5.74, 6) is -1.01. The normalized spacial score (nSPS) is 12.2. The summed E-state index contributed by atoms with van der Waals surface area (Å²) in [6, 6.07) is 3.55. The molecule has 0 saturated heterocycles. The maximum atomic E-state index is 13.1. The fraction of sp³-hybridized carbons (Fsp3) is 0.364. The molecule has 0 aliphatic heterocycles. The average molecular weight is 246 g/mol. The van der Waals surface area contributed by atoms with E-state index in [1.165, 1.54) is 12.1 Å². The molecular weight excluding hydrogens is 233 g/mol. The van der Waals surface area contributed by atoms with Gasteiger partial charge in [-0.25, -0.2) is 4.39 Å². The van der Waals surface area contributed by atoms with E-state index < -0.39 is 17.8 Å². The third kappa shape index (κ3) is 3.47. The first-order valence-electron chi connectivity index (χ1n) is 4.90. The second-order valence-electron chi connectivity index (χ2n) is 3.31. The van der Waals surface area contributed by atoms with E-state index in [4.69, 9.17) is 22.1 Å². The lowest BCUT2D eigenvalue weighted by atomic mass is 10.1. The number of ether oxygens (including phenoxy) is 1. The van der Waals surface area contributed by atoms with Crippen molar-refractivity contribution in [2.45, 2.75) is 19.4 Å². The number of rotatable bonds is 4. The minimum Gasteiger partial charge on any atom is -0.465 e. The summed E-state index contributed by atoms with van der Waals surface area (Å²) >= 11 is 5.53. The number of halogens is 2. The van der Waals surface area contributed by atoms with Crippen LogP contribution >= 0.6 is 11.6 Å². The molecule has 1 aromatic carbocycles. The van der Waals surface area contributed by atoms with Gasteiger partial charge >= 0.3 is 5.97 Å². The molecule has 0 fully saturated rings. The van der Waals surface area contributed by atoms with Crippen molar-refractivity contribution in [2.24, 2.45) is 5.73 Å². The van der Waals surface area contributed by atoms with Crippen molar-refractivity contribution >= 4 is 17.6 Å². The van der Waals surface area contributed by atoms with Crippen LogP contribution in [0.3, 0.4) is 0 Å². The molecule has 0 bridgehead atoms. The second kappa shape index (κ2) is 5.82. The number of carbonyl (C=O) groups is 1. The first kappa shape index (κ1) is 12.9. The first-order valence-corrected chi connectivity index (χ1v) is 5.28. The van der Waals surface area contributed by atoms with Gasteiger partial charge in [0.2, 0.25) is 0 Å². The third-order valence-corrected chi connectivity index (χ3v) is 2.34. The van der Waals surface area contributed by atoms with Crippen molar-refractivity contribution in [2.75, 3.05) is 6.61 Å². The van der Waals surface area contributed by atoms with Gasteiger partial charge in [-0.2, -0.15) is 0 Å². The molecule has 0 heterocycles. The second-order valence-corrected chi connectivity index (χ2v) is 3.72. The molecule has 0 radical (unpaired) electrons. The Hall–Kier alpha value is -1.13. The summed E-state index contributed by atoms with van der Waals surface area (Å²) in [5.41, 5.74) is 6.21. The topological polar surface area (TPSA) is 52.3 Å². The smallest absolute Gasteiger partial charge is 0.323 e. The molecule has 3 nitrogen and oxygen atoms in total. The zero-order chi connectivity index (χ0) is 12.1. The van der Waals surface area contributed by atoms with Crippen LogP contribution in [-0.2, 0) is 16.0 Å². The lowest BCUT2D eigenvalue weighted by molar-refractivity contribution is -0.144. The van der Waals surface area contributed by atoms with E-state index in [9.17, 15) is 9.18 Å². The van der Waals surface area contributed by atoms with Gasteiger partial charge in [-0.15, -0.1) is 0 Å². The minimum absolute atomic E-state index is 0.0495. The Morgan fingerprint density at radius 2 is 2.31 bits per heavy atom. The van der Waals surface area contributed by atoms with Crippen molar-refractivity contribution in [1.82, 2.24) is 0 Å². The summed E-state index contributed by atoms with van der Waals surface area (Å²) in [6.45, 7) is 1.98. The lowest BCUT2D eigenvalue weighted by Crippen LogP contribution is -2.34. The van der Waals surface area contributed by atoms with Gasteiger partial charge in [0.25, 0.3) is 0 Å². The molecular formula is C11H13ClFNO2. The van der Waals surface area contributed by atoms with Gasteiger partial charge in [0.15, 0.2) is 0 Å². The zero-order valence-electron chi connectivity index (χ0n) is 8.87. The van der Waals surface area contributed by atoms with E-state index in [-0.39, 0.29) is 18.1 Å². The van der Waals surface area contributed by atoms with Gasteiger partial charge in [-0.1, -0.05) is 17.7 Å². The van der Waals surface area contributed by atoms with E-state index in [0.717, 1.165) is 0 Å². The lowest BCUT2D eigenvalue weighted by Gasteiger charge is -2.10. The van der Waals surface area contributed by atoms with E-state index in [2.05, 4.69) is 0 Å². The van der Waals surface area contributed by atoms with Crippen LogP contribution in [-0.4, -0.2) is 18.6 Å². The van der Waals surface area contributed by atoms with Crippen LogP contribution in [0.2, 0.25) is 5.02 Å². The number of hydrogen-bond acceptors (Lipinski definition) is 3. The maximum absolute atomic E-state index is 13.1. The Bertz CT molecular complexity index is 384. The number of nitrogens with two attached hydrogens (primary N) is 1. The number of hydrogen-bond donors (Lipinski definition) is 1. The molecule has 1 atom stereocenters. The summed E-state index contributed by atoms with van der Waals surface area (Å²) in [4.78, 5) is 11.2. The van der Waals surface area contributed by atoms with Gasteiger partial charge in [0.05, 0.1) is 11.6 Å². The molecule has 1 unspecified atom stereocenters. The molecule has 0 saturated carbocycles. The molecule has 0 spiro atoms. The van der Waals surface area contributed by atoms with Crippen LogP contribution in [0.5, 0.6) is 0 Å². The largest absolute Gasteiger partial charge is 0.465 e. The Balaban J connectivity index is 2.66. The highest BCUT2D eigenvalue weighted by Crippen LogP contribution is 2.16. The molecule has 16 heavy (non-hydrogen) atoms. The van der Waals surface area contributed by atoms with Crippen LogP contribution in [0.15, 0.2) is 18.2 Å². The van der Waals surface area contributed by atoms with Gasteiger partial charge < -0.3 is 10.5 Å². The predicted molar refractivity (Wildman–Crippen MR) is 59.7 cm³/mol. The summed E-state index contributed by atoms with van der Waals surface area (Å²) in [5, 5.41) is 0.0495. The van der Waals surface area contributed by atoms with Crippen molar-refractivity contribution in [3.8, 4) is 0 Å². The van der Waals surface area contributed by atoms with E-state index in [0.29, 0.717) is 5.56 Å². The number of esters is 1. The maximum Gasteiger partial charge on any atom is 0.323 e. The summed E-state index contributed by atoms with van der Waals surface area (Å²) in [6.07, 6.45) is 0.229. The summed E-state index contributed by atoms with van der Waals surface area (Å²) < 4.78 is 17.8. The molecule has 0 aliphatic carbocycles. The molecule has 88 valence electrons. The molecule has 0 amide bonds. The SMILES string of the molecule is CCOC(=O)C(N)Cc1ccc(Cl)c(F)c1. The monoisotopic (exact) mass is 245 g/mol. The standard InChI is InChI=1S/C11H13ClFNO2/c1-2-16-11(15)10(14)6-7-3-4-8(12)9(13)5-7/h3-5,10H,2,6,14H2,1H3. The zero-order valence-corrected chi connectivity index (χ0v) is 9.63. The van der Waals surface area contributed by atoms with Crippen LogP contribution in [0.4, 0.5) is 4.39 Å². The third-order valence-electron chi connectivity index (χ3n) is 2.03. The fourth-order valence-electron chi connectivity index (χ4n) is 1.25. The molecule has 1 rings (SSSR count). The van der Waals surface area contributed by atoms with Crippen LogP contribution in [0.1, 0.15) is 12.5 Å². The van der Waals surface area contributed by atoms with Crippen LogP contribution < -0.4 is 5.73 Å². The van der Waals surface area contributed by atoms with Crippen molar-refractivity contribution < 1.29 is 13.9 Å². The van der Waals surface area contributed by atoms with Gasteiger partial charge in [0, 0.05) is 0 Å². The summed E-state index contributed by atoms with van der Waals surface area (Å²) in [7, 11) is 0. The Morgan fingerprint density at radius 3 is 2.88 bits per heavy atom. The highest BCUT2D eigenvalue weighted by atomic mass is 35.5. The molecule has 0 aromatic heterocycles. The Morgan fingerprint density at radius 1 is 1.62 bits per heavy atom. The van der Waals surface area contributed by atoms with Crippen molar-refractivity contribution in [3.63, 3.8) is 0 Å². The molecule has 2 N–H and O–H groups in total. The van der Waals surface area contributed by atoms with Crippen LogP contribution in [0, 0.1) is 5.82 Å². The quantitative estimate of drug-likeness (QED) is 0.825. The average Bonchev–Trinajstić information content (AvgIpc) is 2.24. The fourth-order valence-corrected chi connectivity index (χ4v) is 1.37. The van der Waals surface area contributed by atoms with E-state index >= 15 is 0 Å². The first-order chi connectivity index (χ1) is 7.54. The Labute approximate surface area is 98.3 Å². The van der Waals surface area contributed by atoms with Gasteiger partial charge in [-0.05, 0) is 31.0 Å². The van der Waals surface area contributed by atoms with Crippen molar-refractivity contribution in [3.05, 3.63) is 34.6 Å². The van der Waals surface area contributed by atoms with E-state index in [1.807, 2.05) is 0 Å². The number of carbonyl (C=O) groups excluding carboxylic acids is 1. The van der Waals surface area contributed by atoms with E-state index in [1.54, 1.807) is 13.0 Å². The highest BCUT2D eigenvalue weighted by molar-refractivity contribution is 6.30. The highest BCUT2D eigenvalue weighted by Gasteiger charge is 2.15. The van der Waals surface area contributed by atoms with Crippen molar-refractivity contribution in [1.29, 1.82) is 0 Å². The predicted octanol–water partition coefficient (Wildman–Crippen LogP) is 1.91. The molecule has 1 aromatic rings. The van der Waals surface area contributed by atoms with Gasteiger partial charge in [0.1, 0.15) is 11.9 Å². The van der Waals surface area contributed by atoms with Gasteiger partial charge in [-0.3, -0.25) is 4.79 Å². The van der Waals surface area contributed by atoms with Crippen LogP contribution in [0.25, 0.3) is 0 Å². The Kier molecular flexibility index (Phi) is 4.71.